The Bertz CT molecular complexity index is 278. The third-order valence-corrected chi connectivity index (χ3v) is 1.90. The number of aromatic carboxylic acids is 1. The number of carboxylic acids is 1. The van der Waals surface area contributed by atoms with Crippen LogP contribution in [-0.4, -0.2) is 11.0 Å². The van der Waals surface area contributed by atoms with E-state index >= 15 is 0 Å². The molecular formula is C5H2F2KNO2S. The van der Waals surface area contributed by atoms with Gasteiger partial charge in [0.05, 0.1) is 4.88 Å². The zero-order valence-corrected chi connectivity index (χ0v) is 10.0. The van der Waals surface area contributed by atoms with Crippen LogP contribution < -0.4 is 56.5 Å². The van der Waals surface area contributed by atoms with Gasteiger partial charge in [0.25, 0.3) is 6.43 Å². The van der Waals surface area contributed by atoms with Gasteiger partial charge in [-0.1, -0.05) is 0 Å². The summed E-state index contributed by atoms with van der Waals surface area (Å²) in [6.07, 6.45) is -1.83. The molecule has 0 N–H and O–H groups in total. The smallest absolute Gasteiger partial charge is 0.542 e. The number of carbonyl (C=O) groups excluding carboxylic acids is 1. The molecule has 0 spiro atoms. The topological polar surface area (TPSA) is 53.0 Å². The fourth-order valence-electron chi connectivity index (χ4n) is 0.482. The number of thiazole rings is 1. The number of carboxylic acid groups (broad SMARTS) is 1. The van der Waals surface area contributed by atoms with Gasteiger partial charge in [-0.3, -0.25) is 0 Å². The van der Waals surface area contributed by atoms with Gasteiger partial charge in [0.1, 0.15) is 11.0 Å². The summed E-state index contributed by atoms with van der Waals surface area (Å²) in [7, 11) is 0. The molecule has 1 rings (SSSR count). The summed E-state index contributed by atoms with van der Waals surface area (Å²) in [6.45, 7) is 0. The second kappa shape index (κ2) is 5.35. The van der Waals surface area contributed by atoms with Crippen molar-refractivity contribution in [2.75, 3.05) is 0 Å². The van der Waals surface area contributed by atoms with E-state index in [0.29, 0.717) is 11.3 Å². The van der Waals surface area contributed by atoms with Gasteiger partial charge in [-0.15, -0.1) is 11.3 Å². The Morgan fingerprint density at radius 2 is 2.25 bits per heavy atom. The van der Waals surface area contributed by atoms with Crippen LogP contribution in [0.25, 0.3) is 0 Å². The van der Waals surface area contributed by atoms with Gasteiger partial charge in [0, 0.05) is 6.20 Å². The molecule has 0 saturated heterocycles. The summed E-state index contributed by atoms with van der Waals surface area (Å²) in [6, 6.07) is 0. The van der Waals surface area contributed by atoms with E-state index in [-0.39, 0.29) is 56.3 Å². The fraction of sp³-hybridized carbons (Fsp3) is 0.200. The Kier molecular flexibility index (Phi) is 5.62. The van der Waals surface area contributed by atoms with Gasteiger partial charge in [-0.2, -0.15) is 0 Å². The fourth-order valence-corrected chi connectivity index (χ4v) is 1.09. The molecule has 0 aliphatic rings. The summed E-state index contributed by atoms with van der Waals surface area (Å²) < 4.78 is 23.6. The molecule has 3 nitrogen and oxygen atoms in total. The number of rotatable bonds is 2. The Balaban J connectivity index is 0.00000121. The Morgan fingerprint density at radius 1 is 1.67 bits per heavy atom. The predicted octanol–water partition coefficient (Wildman–Crippen LogP) is -2.55. The summed E-state index contributed by atoms with van der Waals surface area (Å²) in [4.78, 5) is 12.9. The number of nitrogens with zero attached hydrogens (tertiary/aromatic N) is 1. The van der Waals surface area contributed by atoms with Crippen molar-refractivity contribution in [1.29, 1.82) is 0 Å². The van der Waals surface area contributed by atoms with Crippen molar-refractivity contribution in [3.05, 3.63) is 16.1 Å². The number of alkyl halides is 2. The van der Waals surface area contributed by atoms with Gasteiger partial charge in [0.15, 0.2) is 0 Å². The van der Waals surface area contributed by atoms with Crippen molar-refractivity contribution in [2.45, 2.75) is 6.43 Å². The summed E-state index contributed by atoms with van der Waals surface area (Å²) >= 11 is 0.426. The molecule has 1 heterocycles. The second-order valence-corrected chi connectivity index (χ2v) is 2.72. The number of halogens is 2. The minimum atomic E-state index is -2.67. The van der Waals surface area contributed by atoms with Crippen molar-refractivity contribution < 1.29 is 70.1 Å². The quantitative estimate of drug-likeness (QED) is 0.512. The van der Waals surface area contributed by atoms with Crippen LogP contribution in [0.4, 0.5) is 8.78 Å². The monoisotopic (exact) mass is 217 g/mol. The average molecular weight is 217 g/mol. The average Bonchev–Trinajstić information content (AvgIpc) is 2.33. The van der Waals surface area contributed by atoms with Crippen LogP contribution >= 0.6 is 11.3 Å². The Hall–Kier alpha value is 0.596. The molecule has 0 bridgehead atoms. The van der Waals surface area contributed by atoms with Crippen LogP contribution in [0, 0.1) is 0 Å². The number of aromatic nitrogens is 1. The number of hydrogen-bond donors (Lipinski definition) is 0. The zero-order valence-electron chi connectivity index (χ0n) is 6.08. The van der Waals surface area contributed by atoms with Crippen LogP contribution in [-0.2, 0) is 0 Å². The van der Waals surface area contributed by atoms with Crippen molar-refractivity contribution >= 4 is 17.3 Å². The van der Waals surface area contributed by atoms with Crippen LogP contribution in [0.3, 0.4) is 0 Å². The minimum Gasteiger partial charge on any atom is -0.542 e. The second-order valence-electron chi connectivity index (χ2n) is 1.66. The van der Waals surface area contributed by atoms with E-state index in [1.54, 1.807) is 0 Å². The van der Waals surface area contributed by atoms with Crippen LogP contribution in [0.15, 0.2) is 6.20 Å². The molecule has 60 valence electrons. The van der Waals surface area contributed by atoms with Gasteiger partial charge >= 0.3 is 51.4 Å². The molecule has 0 aromatic carbocycles. The molecule has 0 radical (unpaired) electrons. The first-order chi connectivity index (χ1) is 5.11. The van der Waals surface area contributed by atoms with Gasteiger partial charge in [-0.25, -0.2) is 13.8 Å². The van der Waals surface area contributed by atoms with Crippen LogP contribution in [0.2, 0.25) is 0 Å². The molecule has 0 saturated carbocycles. The molecule has 0 aliphatic carbocycles. The molecule has 1 aromatic heterocycles. The standard InChI is InChI=1S/C5H3F2NO2S.K/c6-3(7)2-1-8-4(11-2)5(9)10;/h1,3H,(H,9,10);/q;+1/p-1. The van der Waals surface area contributed by atoms with Gasteiger partial charge < -0.3 is 9.90 Å². The molecular weight excluding hydrogens is 215 g/mol. The van der Waals surface area contributed by atoms with E-state index in [2.05, 4.69) is 4.98 Å². The molecule has 0 aliphatic heterocycles. The van der Waals surface area contributed by atoms with Crippen LogP contribution in [0.5, 0.6) is 0 Å². The molecule has 1 aromatic rings. The van der Waals surface area contributed by atoms with Crippen molar-refractivity contribution in [3.8, 4) is 0 Å². The summed E-state index contributed by atoms with van der Waals surface area (Å²) in [5.41, 5.74) is 0. The normalized spacial score (nSPS) is 9.58. The predicted molar refractivity (Wildman–Crippen MR) is 31.4 cm³/mol. The van der Waals surface area contributed by atoms with E-state index in [9.17, 15) is 18.7 Å². The van der Waals surface area contributed by atoms with Crippen molar-refractivity contribution in [1.82, 2.24) is 4.98 Å². The van der Waals surface area contributed by atoms with Crippen molar-refractivity contribution in [2.24, 2.45) is 0 Å². The number of carbonyl (C=O) groups is 1. The van der Waals surface area contributed by atoms with Gasteiger partial charge in [-0.05, 0) is 0 Å². The van der Waals surface area contributed by atoms with Crippen molar-refractivity contribution in [3.63, 3.8) is 0 Å². The summed E-state index contributed by atoms with van der Waals surface area (Å²) in [5.74, 6) is -1.53. The molecule has 0 atom stereocenters. The van der Waals surface area contributed by atoms with E-state index in [4.69, 9.17) is 0 Å². The van der Waals surface area contributed by atoms with E-state index < -0.39 is 17.4 Å². The van der Waals surface area contributed by atoms with E-state index in [1.165, 1.54) is 0 Å². The Labute approximate surface area is 113 Å². The van der Waals surface area contributed by atoms with E-state index in [1.807, 2.05) is 0 Å². The summed E-state index contributed by atoms with van der Waals surface area (Å²) in [5, 5.41) is 9.61. The first kappa shape index (κ1) is 12.6. The molecule has 0 fully saturated rings. The maximum Gasteiger partial charge on any atom is 1.00 e. The minimum absolute atomic E-state index is 0. The zero-order chi connectivity index (χ0) is 8.43. The number of hydrogen-bond acceptors (Lipinski definition) is 4. The molecule has 0 amide bonds. The Morgan fingerprint density at radius 3 is 2.50 bits per heavy atom. The SMILES string of the molecule is O=C([O-])c1ncc(C(F)F)s1.[K+]. The first-order valence-electron chi connectivity index (χ1n) is 2.56. The largest absolute Gasteiger partial charge is 1.00 e. The van der Waals surface area contributed by atoms with Gasteiger partial charge in [0.2, 0.25) is 0 Å². The molecule has 12 heavy (non-hydrogen) atoms. The third-order valence-electron chi connectivity index (χ3n) is 0.913. The third kappa shape index (κ3) is 3.15. The maximum atomic E-state index is 11.8. The maximum absolute atomic E-state index is 11.8. The van der Waals surface area contributed by atoms with Crippen LogP contribution in [0.1, 0.15) is 21.1 Å². The molecule has 0 unspecified atom stereocenters. The first-order valence-corrected chi connectivity index (χ1v) is 3.38. The van der Waals surface area contributed by atoms with E-state index in [0.717, 1.165) is 6.20 Å². The molecule has 7 heteroatoms.